The second-order valence-electron chi connectivity index (χ2n) is 18.9. The van der Waals surface area contributed by atoms with Crippen LogP contribution in [0, 0.1) is 46.3 Å². The second kappa shape index (κ2) is 14.2. The Kier molecular flexibility index (Phi) is 10.4. The van der Waals surface area contributed by atoms with Crippen LogP contribution >= 0.6 is 0 Å². The van der Waals surface area contributed by atoms with Crippen molar-refractivity contribution in [3.63, 3.8) is 0 Å². The first-order chi connectivity index (χ1) is 25.5. The van der Waals surface area contributed by atoms with E-state index in [2.05, 4.69) is 33.8 Å². The maximum Gasteiger partial charge on any atom is 0.303 e. The molecule has 8 aliphatic rings. The van der Waals surface area contributed by atoms with Crippen molar-refractivity contribution in [3.05, 3.63) is 11.6 Å². The van der Waals surface area contributed by atoms with Gasteiger partial charge in [0.25, 0.3) is 0 Å². The van der Waals surface area contributed by atoms with Gasteiger partial charge in [0.05, 0.1) is 37.1 Å². The fourth-order valence-electron chi connectivity index (χ4n) is 12.9. The largest absolute Gasteiger partial charge is 0.457 e. The average Bonchev–Trinajstić information content (AvgIpc) is 3.56. The smallest absolute Gasteiger partial charge is 0.303 e. The lowest BCUT2D eigenvalue weighted by atomic mass is 9.46. The number of carbonyl (C=O) groups is 1. The summed E-state index contributed by atoms with van der Waals surface area (Å²) in [4.78, 5) is 11.8. The van der Waals surface area contributed by atoms with Crippen LogP contribution in [0.15, 0.2) is 11.6 Å². The van der Waals surface area contributed by atoms with Crippen LogP contribution in [0.5, 0.6) is 0 Å². The van der Waals surface area contributed by atoms with Crippen molar-refractivity contribution in [3.8, 4) is 0 Å². The van der Waals surface area contributed by atoms with E-state index in [-0.39, 0.29) is 17.4 Å². The highest BCUT2D eigenvalue weighted by atomic mass is 16.8. The molecule has 0 aromatic rings. The number of fused-ring (bicyclic) bond motifs is 7. The molecule has 13 heteroatoms. The number of allylic oxidation sites excluding steroid dienone is 1. The van der Waals surface area contributed by atoms with E-state index in [9.17, 15) is 30.3 Å². The lowest BCUT2D eigenvalue weighted by molar-refractivity contribution is -0.371. The molecule has 4 aliphatic heterocycles. The molecule has 0 bridgehead atoms. The normalized spacial score (nSPS) is 57.0. The summed E-state index contributed by atoms with van der Waals surface area (Å²) in [6.45, 7) is 14.5. The molecular formula is C41H64O13. The maximum atomic E-state index is 11.8. The summed E-state index contributed by atoms with van der Waals surface area (Å²) in [5.74, 6) is 1.27. The quantitative estimate of drug-likeness (QED) is 0.204. The zero-order valence-corrected chi connectivity index (χ0v) is 32.9. The molecule has 1 spiro atoms. The SMILES string of the molecule is CC(=O)O[C@@H]1[C@@H](O)[C@H](C)O[C@@H](O[C@H]2[C@H](O[C@@H]3C[C@H](O)CC4=CCC5C6CC7OC8(CC[C@@H](C)CO8)C(C)C7[C@@]6(C)CCC5[C@]43C)O[C@H](C)[C@H](O)[C@@H]2O)[C@@H]1O. The lowest BCUT2D eigenvalue weighted by Gasteiger charge is -2.60. The molecule has 5 N–H and O–H groups in total. The number of hydrogen-bond acceptors (Lipinski definition) is 13. The van der Waals surface area contributed by atoms with Gasteiger partial charge < -0.3 is 58.7 Å². The number of ether oxygens (including phenoxy) is 7. The first-order valence-electron chi connectivity index (χ1n) is 20.7. The third-order valence-corrected chi connectivity index (χ3v) is 15.9. The number of aliphatic hydroxyl groups is 5. The van der Waals surface area contributed by atoms with E-state index in [0.717, 1.165) is 45.1 Å². The van der Waals surface area contributed by atoms with Crippen molar-refractivity contribution in [2.24, 2.45) is 46.3 Å². The predicted octanol–water partition coefficient (Wildman–Crippen LogP) is 2.96. The van der Waals surface area contributed by atoms with Gasteiger partial charge in [-0.3, -0.25) is 4.79 Å². The van der Waals surface area contributed by atoms with Crippen LogP contribution in [0.25, 0.3) is 0 Å². The molecule has 0 aromatic heterocycles. The third-order valence-electron chi connectivity index (χ3n) is 15.9. The van der Waals surface area contributed by atoms with Crippen LogP contribution in [-0.4, -0.2) is 124 Å². The average molecular weight is 765 g/mol. The fourth-order valence-corrected chi connectivity index (χ4v) is 12.9. The fraction of sp³-hybridized carbons (Fsp3) is 0.927. The number of hydrogen-bond donors (Lipinski definition) is 5. The number of aliphatic hydroxyl groups excluding tert-OH is 5. The number of esters is 1. The minimum absolute atomic E-state index is 0.115. The van der Waals surface area contributed by atoms with Crippen LogP contribution in [-0.2, 0) is 38.0 Å². The van der Waals surface area contributed by atoms with Gasteiger partial charge in [-0.1, -0.05) is 39.3 Å². The van der Waals surface area contributed by atoms with Crippen LogP contribution < -0.4 is 0 Å². The van der Waals surface area contributed by atoms with E-state index in [1.807, 2.05) is 0 Å². The first kappa shape index (κ1) is 39.6. The Morgan fingerprint density at radius 3 is 2.26 bits per heavy atom. The summed E-state index contributed by atoms with van der Waals surface area (Å²) in [6.07, 6.45) is -4.40. The highest BCUT2D eigenvalue weighted by Crippen LogP contribution is 2.71. The second-order valence-corrected chi connectivity index (χ2v) is 18.9. The Morgan fingerprint density at radius 2 is 1.56 bits per heavy atom. The highest BCUT2D eigenvalue weighted by Gasteiger charge is 2.69. The Hall–Kier alpha value is -1.23. The summed E-state index contributed by atoms with van der Waals surface area (Å²) in [5, 5.41) is 55.4. The standard InChI is InChI=1S/C41H64O13/c1-18-10-13-41(48-17-18)19(2)30-28(54-41)16-27-25-9-8-23-14-24(43)15-29(40(23,7)26(25)11-12-39(27,30)6)52-38-36(33(46)31(44)20(3)50-38)53-37-34(47)35(51-22(5)42)32(45)21(4)49-37/h8,18-21,24-38,43-47H,9-17H2,1-7H3/t18-,19?,20-,21+,24-,25?,26?,27?,28?,29-,30?,31+,32+,33+,34-,35-,36-,37+,38+,39+,40+,41?/m1/s1. The van der Waals surface area contributed by atoms with Crippen molar-refractivity contribution in [1.29, 1.82) is 0 Å². The lowest BCUT2D eigenvalue weighted by Crippen LogP contribution is -2.65. The Bertz CT molecular complexity index is 1430. The summed E-state index contributed by atoms with van der Waals surface area (Å²) in [5.41, 5.74) is 0.849. The van der Waals surface area contributed by atoms with E-state index in [1.54, 1.807) is 13.8 Å². The van der Waals surface area contributed by atoms with Gasteiger partial charge in [0.15, 0.2) is 24.5 Å². The van der Waals surface area contributed by atoms with Crippen LogP contribution in [0.2, 0.25) is 0 Å². The van der Waals surface area contributed by atoms with Crippen molar-refractivity contribution in [2.75, 3.05) is 6.61 Å². The maximum absolute atomic E-state index is 11.8. The molecule has 7 fully saturated rings. The monoisotopic (exact) mass is 764 g/mol. The Balaban J connectivity index is 1.05. The van der Waals surface area contributed by atoms with Crippen molar-refractivity contribution < 1.29 is 63.5 Å². The van der Waals surface area contributed by atoms with Crippen LogP contribution in [0.3, 0.4) is 0 Å². The molecule has 0 aromatic carbocycles. The Morgan fingerprint density at radius 1 is 0.833 bits per heavy atom. The molecule has 306 valence electrons. The van der Waals surface area contributed by atoms with E-state index < -0.39 is 90.8 Å². The van der Waals surface area contributed by atoms with Crippen molar-refractivity contribution in [1.82, 2.24) is 0 Å². The molecule has 0 amide bonds. The molecule has 22 atom stereocenters. The minimum Gasteiger partial charge on any atom is -0.457 e. The van der Waals surface area contributed by atoms with Gasteiger partial charge in [-0.15, -0.1) is 0 Å². The van der Waals surface area contributed by atoms with Gasteiger partial charge >= 0.3 is 5.97 Å². The van der Waals surface area contributed by atoms with Gasteiger partial charge in [0.1, 0.15) is 30.5 Å². The minimum atomic E-state index is -1.61. The zero-order chi connectivity index (χ0) is 38.6. The van der Waals surface area contributed by atoms with Crippen molar-refractivity contribution in [2.45, 2.75) is 185 Å². The molecular weight excluding hydrogens is 700 g/mol. The summed E-state index contributed by atoms with van der Waals surface area (Å²) >= 11 is 0. The topological polar surface area (TPSA) is 183 Å². The Labute approximate surface area is 319 Å². The van der Waals surface area contributed by atoms with Gasteiger partial charge in [0, 0.05) is 31.1 Å². The molecule has 3 saturated carbocycles. The highest BCUT2D eigenvalue weighted by molar-refractivity contribution is 5.66. The van der Waals surface area contributed by atoms with Crippen LogP contribution in [0.4, 0.5) is 0 Å². The molecule has 13 nitrogen and oxygen atoms in total. The molecule has 4 saturated heterocycles. The van der Waals surface area contributed by atoms with Gasteiger partial charge in [-0.25, -0.2) is 0 Å². The van der Waals surface area contributed by atoms with Gasteiger partial charge in [0.2, 0.25) is 0 Å². The number of rotatable bonds is 5. The van der Waals surface area contributed by atoms with Gasteiger partial charge in [-0.2, -0.15) is 0 Å². The van der Waals surface area contributed by atoms with E-state index in [1.165, 1.54) is 12.5 Å². The molecule has 7 unspecified atom stereocenters. The van der Waals surface area contributed by atoms with Crippen LogP contribution in [0.1, 0.15) is 99.8 Å². The summed E-state index contributed by atoms with van der Waals surface area (Å²) in [7, 11) is 0. The molecule has 0 radical (unpaired) electrons. The molecule has 4 aliphatic carbocycles. The number of carbonyl (C=O) groups excluding carboxylic acids is 1. The predicted molar refractivity (Wildman–Crippen MR) is 191 cm³/mol. The van der Waals surface area contributed by atoms with E-state index in [0.29, 0.717) is 42.4 Å². The van der Waals surface area contributed by atoms with Gasteiger partial charge in [-0.05, 0) is 87.4 Å². The third kappa shape index (κ3) is 6.17. The molecule has 8 rings (SSSR count). The zero-order valence-electron chi connectivity index (χ0n) is 32.9. The first-order valence-corrected chi connectivity index (χ1v) is 20.7. The van der Waals surface area contributed by atoms with E-state index in [4.69, 9.17) is 33.2 Å². The van der Waals surface area contributed by atoms with E-state index >= 15 is 0 Å². The molecule has 4 heterocycles. The van der Waals surface area contributed by atoms with Crippen molar-refractivity contribution >= 4 is 5.97 Å². The summed E-state index contributed by atoms with van der Waals surface area (Å²) in [6, 6.07) is 0. The summed E-state index contributed by atoms with van der Waals surface area (Å²) < 4.78 is 43.9. The molecule has 54 heavy (non-hydrogen) atoms.